The van der Waals surface area contributed by atoms with E-state index >= 15 is 0 Å². The highest BCUT2D eigenvalue weighted by Crippen LogP contribution is 2.36. The number of nitriles is 1. The van der Waals surface area contributed by atoms with Crippen molar-refractivity contribution in [2.24, 2.45) is 11.3 Å². The van der Waals surface area contributed by atoms with Gasteiger partial charge >= 0.3 is 0 Å². The Hall–Kier alpha value is -1.49. The van der Waals surface area contributed by atoms with Crippen LogP contribution >= 0.6 is 0 Å². The summed E-state index contributed by atoms with van der Waals surface area (Å²) in [6, 6.07) is 10.2. The van der Waals surface area contributed by atoms with E-state index in [0.717, 1.165) is 24.3 Å². The van der Waals surface area contributed by atoms with Crippen molar-refractivity contribution in [2.45, 2.75) is 27.2 Å². The topological polar surface area (TPSA) is 27.0 Å². The molecule has 1 unspecified atom stereocenters. The second-order valence-electron chi connectivity index (χ2n) is 5.93. The fraction of sp³-hybridized carbons (Fsp3) is 0.533. The fourth-order valence-electron chi connectivity index (χ4n) is 2.53. The summed E-state index contributed by atoms with van der Waals surface area (Å²) in [5.74, 6) is 0.717. The molecule has 2 nitrogen and oxygen atoms in total. The van der Waals surface area contributed by atoms with Gasteiger partial charge < -0.3 is 4.90 Å². The summed E-state index contributed by atoms with van der Waals surface area (Å²) < 4.78 is 0. The number of hydrogen-bond acceptors (Lipinski definition) is 2. The Bertz CT molecular complexity index is 437. The van der Waals surface area contributed by atoms with E-state index < -0.39 is 0 Å². The number of rotatable bonds is 1. The van der Waals surface area contributed by atoms with Crippen LogP contribution in [0, 0.1) is 22.7 Å². The van der Waals surface area contributed by atoms with Gasteiger partial charge in [-0.3, -0.25) is 0 Å². The van der Waals surface area contributed by atoms with E-state index in [0.29, 0.717) is 11.3 Å². The van der Waals surface area contributed by atoms with Crippen molar-refractivity contribution in [3.8, 4) is 6.07 Å². The number of nitrogens with zero attached hydrogens (tertiary/aromatic N) is 2. The number of hydrogen-bond donors (Lipinski definition) is 0. The van der Waals surface area contributed by atoms with Crippen LogP contribution in [0.25, 0.3) is 0 Å². The Labute approximate surface area is 104 Å². The van der Waals surface area contributed by atoms with Crippen LogP contribution in [0.15, 0.2) is 24.3 Å². The van der Waals surface area contributed by atoms with Crippen LogP contribution < -0.4 is 4.90 Å². The molecule has 1 saturated heterocycles. The molecule has 0 amide bonds. The number of benzene rings is 1. The van der Waals surface area contributed by atoms with Crippen LogP contribution in [0.3, 0.4) is 0 Å². The van der Waals surface area contributed by atoms with Gasteiger partial charge in [-0.05, 0) is 29.9 Å². The predicted octanol–water partition coefficient (Wildman–Crippen LogP) is 3.43. The van der Waals surface area contributed by atoms with E-state index in [1.807, 2.05) is 18.2 Å². The van der Waals surface area contributed by atoms with Gasteiger partial charge in [0.2, 0.25) is 0 Å². The molecule has 90 valence electrons. The van der Waals surface area contributed by atoms with Gasteiger partial charge in [-0.1, -0.05) is 32.9 Å². The van der Waals surface area contributed by atoms with Crippen LogP contribution in [-0.2, 0) is 0 Å². The zero-order chi connectivity index (χ0) is 12.5. The Morgan fingerprint density at radius 1 is 1.29 bits per heavy atom. The Balaban J connectivity index is 2.19. The highest BCUT2D eigenvalue weighted by atomic mass is 15.2. The molecule has 0 radical (unpaired) electrons. The van der Waals surface area contributed by atoms with E-state index in [9.17, 15) is 0 Å². The summed E-state index contributed by atoms with van der Waals surface area (Å²) in [6.07, 6.45) is 1.23. The molecular formula is C15H20N2. The summed E-state index contributed by atoms with van der Waals surface area (Å²) in [5, 5.41) is 9.13. The van der Waals surface area contributed by atoms with Gasteiger partial charge in [0, 0.05) is 13.1 Å². The van der Waals surface area contributed by atoms with Crippen LogP contribution in [0.2, 0.25) is 0 Å². The molecule has 17 heavy (non-hydrogen) atoms. The number of para-hydroxylation sites is 1. The molecule has 2 rings (SSSR count). The normalized spacial score (nSPS) is 20.4. The van der Waals surface area contributed by atoms with Gasteiger partial charge in [0.15, 0.2) is 0 Å². The standard InChI is InChI=1S/C15H20N2/c1-15(2,3)13-8-9-17(11-13)14-7-5-4-6-12(14)10-16/h4-7,13H,8-9,11H2,1-3H3. The molecule has 0 bridgehead atoms. The summed E-state index contributed by atoms with van der Waals surface area (Å²) in [4.78, 5) is 2.36. The molecule has 0 aliphatic carbocycles. The van der Waals surface area contributed by atoms with Crippen molar-refractivity contribution < 1.29 is 0 Å². The average Bonchev–Trinajstić information content (AvgIpc) is 2.77. The SMILES string of the molecule is CC(C)(C)C1CCN(c2ccccc2C#N)C1. The molecule has 1 heterocycles. The van der Waals surface area contributed by atoms with Crippen molar-refractivity contribution in [2.75, 3.05) is 18.0 Å². The van der Waals surface area contributed by atoms with Gasteiger partial charge in [0.25, 0.3) is 0 Å². The van der Waals surface area contributed by atoms with Crippen LogP contribution in [0.5, 0.6) is 0 Å². The lowest BCUT2D eigenvalue weighted by atomic mass is 9.80. The molecule has 0 N–H and O–H groups in total. The fourth-order valence-corrected chi connectivity index (χ4v) is 2.53. The molecule has 2 heteroatoms. The molecule has 0 aromatic heterocycles. The quantitative estimate of drug-likeness (QED) is 0.736. The molecule has 1 atom stereocenters. The molecule has 1 aromatic rings. The summed E-state index contributed by atoms with van der Waals surface area (Å²) >= 11 is 0. The third kappa shape index (κ3) is 2.44. The van der Waals surface area contributed by atoms with Crippen molar-refractivity contribution in [1.82, 2.24) is 0 Å². The smallest absolute Gasteiger partial charge is 0.101 e. The van der Waals surface area contributed by atoms with E-state index in [4.69, 9.17) is 5.26 Å². The lowest BCUT2D eigenvalue weighted by molar-refractivity contribution is 0.263. The monoisotopic (exact) mass is 228 g/mol. The van der Waals surface area contributed by atoms with Gasteiger partial charge in [0.1, 0.15) is 6.07 Å². The first-order valence-corrected chi connectivity index (χ1v) is 6.26. The maximum atomic E-state index is 9.13. The van der Waals surface area contributed by atoms with E-state index in [-0.39, 0.29) is 0 Å². The van der Waals surface area contributed by atoms with Gasteiger partial charge in [-0.2, -0.15) is 5.26 Å². The molecular weight excluding hydrogens is 208 g/mol. The Morgan fingerprint density at radius 3 is 2.59 bits per heavy atom. The molecule has 0 saturated carbocycles. The first kappa shape index (κ1) is 12.0. The summed E-state index contributed by atoms with van der Waals surface area (Å²) in [7, 11) is 0. The van der Waals surface area contributed by atoms with E-state index in [2.05, 4.69) is 37.8 Å². The Morgan fingerprint density at radius 2 is 2.00 bits per heavy atom. The van der Waals surface area contributed by atoms with Crippen LogP contribution in [0.4, 0.5) is 5.69 Å². The van der Waals surface area contributed by atoms with Gasteiger partial charge in [-0.25, -0.2) is 0 Å². The maximum Gasteiger partial charge on any atom is 0.101 e. The minimum Gasteiger partial charge on any atom is -0.370 e. The lowest BCUT2D eigenvalue weighted by Gasteiger charge is -2.27. The highest BCUT2D eigenvalue weighted by molar-refractivity contribution is 5.59. The van der Waals surface area contributed by atoms with Crippen molar-refractivity contribution >= 4 is 5.69 Å². The lowest BCUT2D eigenvalue weighted by Crippen LogP contribution is -2.26. The van der Waals surface area contributed by atoms with Crippen LogP contribution in [0.1, 0.15) is 32.8 Å². The third-order valence-corrected chi connectivity index (χ3v) is 3.78. The first-order chi connectivity index (χ1) is 8.02. The molecule has 1 aliphatic rings. The minimum absolute atomic E-state index is 0.357. The molecule has 0 spiro atoms. The van der Waals surface area contributed by atoms with Gasteiger partial charge in [0.05, 0.1) is 11.3 Å². The predicted molar refractivity (Wildman–Crippen MR) is 70.9 cm³/mol. The highest BCUT2D eigenvalue weighted by Gasteiger charge is 2.32. The third-order valence-electron chi connectivity index (χ3n) is 3.78. The average molecular weight is 228 g/mol. The molecule has 1 aromatic carbocycles. The van der Waals surface area contributed by atoms with Gasteiger partial charge in [-0.15, -0.1) is 0 Å². The van der Waals surface area contributed by atoms with Crippen molar-refractivity contribution in [3.63, 3.8) is 0 Å². The van der Waals surface area contributed by atoms with E-state index in [1.165, 1.54) is 6.42 Å². The summed E-state index contributed by atoms with van der Waals surface area (Å²) in [5.41, 5.74) is 2.25. The largest absolute Gasteiger partial charge is 0.370 e. The Kier molecular flexibility index (Phi) is 3.11. The zero-order valence-electron chi connectivity index (χ0n) is 10.9. The molecule has 1 aliphatic heterocycles. The second-order valence-corrected chi connectivity index (χ2v) is 5.93. The number of anilines is 1. The maximum absolute atomic E-state index is 9.13. The zero-order valence-corrected chi connectivity index (χ0v) is 10.9. The van der Waals surface area contributed by atoms with Crippen molar-refractivity contribution in [1.29, 1.82) is 5.26 Å². The molecule has 1 fully saturated rings. The van der Waals surface area contributed by atoms with Crippen LogP contribution in [-0.4, -0.2) is 13.1 Å². The van der Waals surface area contributed by atoms with E-state index in [1.54, 1.807) is 0 Å². The first-order valence-electron chi connectivity index (χ1n) is 6.26. The van der Waals surface area contributed by atoms with Crippen molar-refractivity contribution in [3.05, 3.63) is 29.8 Å². The summed E-state index contributed by atoms with van der Waals surface area (Å²) in [6.45, 7) is 9.05. The second kappa shape index (κ2) is 4.41. The minimum atomic E-state index is 0.357.